The van der Waals surface area contributed by atoms with Crippen molar-refractivity contribution in [2.24, 2.45) is 0 Å². The molecule has 0 aromatic carbocycles. The standard InChI is InChI=1S/C6H6ClN3/c1-4-9-5(2-3-8)6(7)10-4/h2H2,1H3,(H,9,10). The Kier molecular flexibility index (Phi) is 1.93. The van der Waals surface area contributed by atoms with Crippen LogP contribution in [-0.4, -0.2) is 9.97 Å². The molecular formula is C6H6ClN3. The third-order valence-electron chi connectivity index (χ3n) is 1.10. The van der Waals surface area contributed by atoms with Crippen LogP contribution >= 0.6 is 11.6 Å². The molecule has 0 aliphatic carbocycles. The van der Waals surface area contributed by atoms with Crippen LogP contribution < -0.4 is 0 Å². The number of halogens is 1. The monoisotopic (exact) mass is 155 g/mol. The number of hydrogen-bond donors (Lipinski definition) is 1. The van der Waals surface area contributed by atoms with Gasteiger partial charge in [0.1, 0.15) is 5.82 Å². The minimum Gasteiger partial charge on any atom is -0.344 e. The van der Waals surface area contributed by atoms with Crippen LogP contribution in [0.3, 0.4) is 0 Å². The average molecular weight is 156 g/mol. The van der Waals surface area contributed by atoms with E-state index < -0.39 is 0 Å². The zero-order chi connectivity index (χ0) is 7.56. The highest BCUT2D eigenvalue weighted by molar-refractivity contribution is 6.30. The molecule has 0 saturated heterocycles. The number of rotatable bonds is 1. The minimum absolute atomic E-state index is 0.291. The molecule has 0 radical (unpaired) electrons. The van der Waals surface area contributed by atoms with Crippen molar-refractivity contribution in [2.45, 2.75) is 13.3 Å². The fourth-order valence-corrected chi connectivity index (χ4v) is 0.950. The van der Waals surface area contributed by atoms with Gasteiger partial charge < -0.3 is 4.98 Å². The van der Waals surface area contributed by atoms with E-state index in [1.165, 1.54) is 0 Å². The minimum atomic E-state index is 0.291. The van der Waals surface area contributed by atoms with Gasteiger partial charge in [-0.1, -0.05) is 11.6 Å². The first kappa shape index (κ1) is 7.10. The largest absolute Gasteiger partial charge is 0.344 e. The van der Waals surface area contributed by atoms with Gasteiger partial charge in [0, 0.05) is 0 Å². The van der Waals surface area contributed by atoms with Gasteiger partial charge in [-0.3, -0.25) is 0 Å². The molecule has 0 spiro atoms. The van der Waals surface area contributed by atoms with Crippen LogP contribution in [-0.2, 0) is 6.42 Å². The smallest absolute Gasteiger partial charge is 0.151 e. The number of hydrogen-bond acceptors (Lipinski definition) is 2. The normalized spacial score (nSPS) is 9.30. The molecule has 10 heavy (non-hydrogen) atoms. The molecule has 1 aromatic rings. The van der Waals surface area contributed by atoms with Gasteiger partial charge in [-0.15, -0.1) is 0 Å². The highest BCUT2D eigenvalue weighted by Crippen LogP contribution is 2.11. The Bertz CT molecular complexity index is 271. The number of nitrogens with one attached hydrogen (secondary N) is 1. The van der Waals surface area contributed by atoms with Gasteiger partial charge in [0.05, 0.1) is 18.2 Å². The molecule has 1 aromatic heterocycles. The summed E-state index contributed by atoms with van der Waals surface area (Å²) in [6, 6.07) is 1.98. The van der Waals surface area contributed by atoms with Crippen molar-refractivity contribution in [3.05, 3.63) is 16.7 Å². The molecule has 0 fully saturated rings. The Labute approximate surface area is 63.7 Å². The molecule has 0 unspecified atom stereocenters. The maximum Gasteiger partial charge on any atom is 0.151 e. The summed E-state index contributed by atoms with van der Waals surface area (Å²) >= 11 is 5.63. The summed E-state index contributed by atoms with van der Waals surface area (Å²) in [6.07, 6.45) is 0.291. The molecule has 1 N–H and O–H groups in total. The van der Waals surface area contributed by atoms with Crippen molar-refractivity contribution in [1.29, 1.82) is 5.26 Å². The zero-order valence-corrected chi connectivity index (χ0v) is 6.24. The topological polar surface area (TPSA) is 52.5 Å². The van der Waals surface area contributed by atoms with Crippen LogP contribution in [0.5, 0.6) is 0 Å². The van der Waals surface area contributed by atoms with Crippen LogP contribution in [0, 0.1) is 18.3 Å². The van der Waals surface area contributed by atoms with E-state index in [1.807, 2.05) is 6.07 Å². The van der Waals surface area contributed by atoms with Crippen molar-refractivity contribution in [1.82, 2.24) is 9.97 Å². The number of nitrogens with zero attached hydrogens (tertiary/aromatic N) is 2. The lowest BCUT2D eigenvalue weighted by molar-refractivity contribution is 1.10. The average Bonchev–Trinajstić information content (AvgIpc) is 2.13. The highest BCUT2D eigenvalue weighted by Gasteiger charge is 2.02. The summed E-state index contributed by atoms with van der Waals surface area (Å²) in [4.78, 5) is 6.77. The van der Waals surface area contributed by atoms with Crippen molar-refractivity contribution in [3.63, 3.8) is 0 Å². The molecule has 0 bridgehead atoms. The van der Waals surface area contributed by atoms with Gasteiger partial charge in [-0.2, -0.15) is 5.26 Å². The Balaban J connectivity index is 2.94. The fraction of sp³-hybridized carbons (Fsp3) is 0.333. The lowest BCUT2D eigenvalue weighted by Crippen LogP contribution is -1.81. The quantitative estimate of drug-likeness (QED) is 0.667. The van der Waals surface area contributed by atoms with E-state index in [1.54, 1.807) is 6.92 Å². The Morgan fingerprint density at radius 2 is 2.50 bits per heavy atom. The van der Waals surface area contributed by atoms with E-state index in [0.29, 0.717) is 17.3 Å². The second-order valence-electron chi connectivity index (χ2n) is 1.93. The van der Waals surface area contributed by atoms with Gasteiger partial charge >= 0.3 is 0 Å². The molecule has 52 valence electrons. The van der Waals surface area contributed by atoms with Crippen LogP contribution in [0.4, 0.5) is 0 Å². The molecule has 4 heteroatoms. The Morgan fingerprint density at radius 3 is 2.90 bits per heavy atom. The third-order valence-corrected chi connectivity index (χ3v) is 1.42. The summed E-state index contributed by atoms with van der Waals surface area (Å²) in [7, 11) is 0. The number of nitriles is 1. The highest BCUT2D eigenvalue weighted by atomic mass is 35.5. The summed E-state index contributed by atoms with van der Waals surface area (Å²) in [5, 5.41) is 8.70. The second-order valence-corrected chi connectivity index (χ2v) is 2.28. The molecule has 0 aliphatic rings. The summed E-state index contributed by atoms with van der Waals surface area (Å²) < 4.78 is 0. The third kappa shape index (κ3) is 1.28. The van der Waals surface area contributed by atoms with Gasteiger partial charge in [0.25, 0.3) is 0 Å². The number of aryl methyl sites for hydroxylation is 1. The van der Waals surface area contributed by atoms with E-state index in [0.717, 1.165) is 5.82 Å². The number of aromatic nitrogens is 2. The molecule has 3 nitrogen and oxygen atoms in total. The van der Waals surface area contributed by atoms with E-state index in [4.69, 9.17) is 16.9 Å². The second kappa shape index (κ2) is 2.72. The molecule has 0 amide bonds. The maximum absolute atomic E-state index is 8.30. The lowest BCUT2D eigenvalue weighted by atomic mass is 10.4. The molecule has 1 rings (SSSR count). The SMILES string of the molecule is Cc1nc(Cl)c(CC#N)[nH]1. The summed E-state index contributed by atoms with van der Waals surface area (Å²) in [5.74, 6) is 0.746. The van der Waals surface area contributed by atoms with Crippen molar-refractivity contribution < 1.29 is 0 Å². The summed E-state index contributed by atoms with van der Waals surface area (Å²) in [6.45, 7) is 1.80. The fourth-order valence-electron chi connectivity index (χ4n) is 0.709. The van der Waals surface area contributed by atoms with Crippen molar-refractivity contribution >= 4 is 11.6 Å². The first-order chi connectivity index (χ1) is 4.74. The van der Waals surface area contributed by atoms with Crippen LogP contribution in [0.2, 0.25) is 5.15 Å². The van der Waals surface area contributed by atoms with Crippen LogP contribution in [0.1, 0.15) is 11.5 Å². The van der Waals surface area contributed by atoms with Crippen molar-refractivity contribution in [3.8, 4) is 6.07 Å². The Morgan fingerprint density at radius 1 is 1.80 bits per heavy atom. The number of imidazole rings is 1. The van der Waals surface area contributed by atoms with E-state index in [-0.39, 0.29) is 0 Å². The van der Waals surface area contributed by atoms with Gasteiger partial charge in [0.15, 0.2) is 5.15 Å². The van der Waals surface area contributed by atoms with E-state index >= 15 is 0 Å². The van der Waals surface area contributed by atoms with Gasteiger partial charge in [-0.05, 0) is 6.92 Å². The van der Waals surface area contributed by atoms with Crippen molar-refractivity contribution in [2.75, 3.05) is 0 Å². The van der Waals surface area contributed by atoms with Gasteiger partial charge in [-0.25, -0.2) is 4.98 Å². The molecule has 0 aliphatic heterocycles. The first-order valence-corrected chi connectivity index (χ1v) is 3.19. The Hall–Kier alpha value is -1.01. The molecule has 0 atom stereocenters. The van der Waals surface area contributed by atoms with E-state index in [9.17, 15) is 0 Å². The zero-order valence-electron chi connectivity index (χ0n) is 5.48. The van der Waals surface area contributed by atoms with Crippen LogP contribution in [0.15, 0.2) is 0 Å². The predicted molar refractivity (Wildman–Crippen MR) is 37.7 cm³/mol. The first-order valence-electron chi connectivity index (χ1n) is 2.82. The maximum atomic E-state index is 8.30. The lowest BCUT2D eigenvalue weighted by Gasteiger charge is -1.83. The number of H-pyrrole nitrogens is 1. The summed E-state index contributed by atoms with van der Waals surface area (Å²) in [5.41, 5.74) is 0.696. The predicted octanol–water partition coefficient (Wildman–Crippen LogP) is 1.44. The molecule has 1 heterocycles. The number of aromatic amines is 1. The molecule has 0 saturated carbocycles. The van der Waals surface area contributed by atoms with E-state index in [2.05, 4.69) is 9.97 Å². The van der Waals surface area contributed by atoms with Gasteiger partial charge in [0.2, 0.25) is 0 Å². The van der Waals surface area contributed by atoms with Crippen LogP contribution in [0.25, 0.3) is 0 Å². The molecular weight excluding hydrogens is 150 g/mol.